The fourth-order valence-electron chi connectivity index (χ4n) is 2.55. The van der Waals surface area contributed by atoms with Gasteiger partial charge in [-0.3, -0.25) is 10.1 Å². The van der Waals surface area contributed by atoms with Gasteiger partial charge in [-0.25, -0.2) is 9.78 Å². The number of urea groups is 1. The third kappa shape index (κ3) is 5.65. The predicted molar refractivity (Wildman–Crippen MR) is 114 cm³/mol. The maximum atomic E-state index is 12.4. The molecule has 2 aromatic carbocycles. The third-order valence-corrected chi connectivity index (χ3v) is 4.78. The van der Waals surface area contributed by atoms with E-state index in [1.807, 2.05) is 42.5 Å². The number of aryl methyl sites for hydroxylation is 1. The van der Waals surface area contributed by atoms with E-state index in [0.29, 0.717) is 10.8 Å². The maximum Gasteiger partial charge on any atom is 0.325 e. The van der Waals surface area contributed by atoms with Crippen molar-refractivity contribution in [2.75, 3.05) is 16.0 Å². The molecule has 144 valence electrons. The molecule has 0 aliphatic heterocycles. The molecule has 0 unspecified atom stereocenters. The van der Waals surface area contributed by atoms with Crippen molar-refractivity contribution < 1.29 is 9.59 Å². The Morgan fingerprint density at radius 1 is 0.929 bits per heavy atom. The number of para-hydroxylation sites is 1. The predicted octanol–water partition coefficient (Wildman–Crippen LogP) is 5.38. The van der Waals surface area contributed by atoms with E-state index in [4.69, 9.17) is 0 Å². The van der Waals surface area contributed by atoms with Gasteiger partial charge in [0.25, 0.3) is 5.91 Å². The van der Waals surface area contributed by atoms with Gasteiger partial charge in [0.2, 0.25) is 0 Å². The molecule has 0 bridgehead atoms. The summed E-state index contributed by atoms with van der Waals surface area (Å²) in [6.45, 7) is 2.16. The molecule has 0 atom stereocenters. The monoisotopic (exact) mass is 394 g/mol. The Morgan fingerprint density at radius 2 is 1.64 bits per heavy atom. The molecule has 6 nitrogen and oxygen atoms in total. The van der Waals surface area contributed by atoms with Crippen LogP contribution in [0.5, 0.6) is 0 Å². The summed E-state index contributed by atoms with van der Waals surface area (Å²) in [5.41, 5.74) is 2.91. The third-order valence-electron chi connectivity index (χ3n) is 4.02. The van der Waals surface area contributed by atoms with Crippen LogP contribution in [-0.4, -0.2) is 16.9 Å². The van der Waals surface area contributed by atoms with Crippen LogP contribution in [0.4, 0.5) is 21.3 Å². The summed E-state index contributed by atoms with van der Waals surface area (Å²) in [6.07, 6.45) is 3.34. The highest BCUT2D eigenvalue weighted by Gasteiger charge is 2.13. The Morgan fingerprint density at radius 3 is 2.36 bits per heavy atom. The molecule has 0 fully saturated rings. The van der Waals surface area contributed by atoms with Crippen molar-refractivity contribution in [2.24, 2.45) is 0 Å². The Labute approximate surface area is 168 Å². The molecule has 0 spiro atoms. The fraction of sp³-hybridized carbons (Fsp3) is 0.190. The molecule has 0 saturated heterocycles. The van der Waals surface area contributed by atoms with E-state index < -0.39 is 6.03 Å². The van der Waals surface area contributed by atoms with Crippen molar-refractivity contribution in [1.82, 2.24) is 4.98 Å². The maximum absolute atomic E-state index is 12.4. The lowest BCUT2D eigenvalue weighted by Gasteiger charge is -2.05. The van der Waals surface area contributed by atoms with Gasteiger partial charge in [0.1, 0.15) is 5.69 Å². The molecule has 3 amide bonds. The first-order valence-corrected chi connectivity index (χ1v) is 10.0. The van der Waals surface area contributed by atoms with Gasteiger partial charge in [-0.2, -0.15) is 0 Å². The van der Waals surface area contributed by atoms with Gasteiger partial charge in [0, 0.05) is 16.8 Å². The van der Waals surface area contributed by atoms with Gasteiger partial charge >= 0.3 is 6.03 Å². The number of hydrogen-bond donors (Lipinski definition) is 3. The number of nitrogens with one attached hydrogen (secondary N) is 3. The van der Waals surface area contributed by atoms with Crippen LogP contribution in [0.2, 0.25) is 0 Å². The molecule has 1 heterocycles. The number of thiazole rings is 1. The van der Waals surface area contributed by atoms with E-state index in [1.165, 1.54) is 16.9 Å². The van der Waals surface area contributed by atoms with Crippen LogP contribution < -0.4 is 16.0 Å². The molecule has 28 heavy (non-hydrogen) atoms. The number of rotatable bonds is 7. The summed E-state index contributed by atoms with van der Waals surface area (Å²) in [4.78, 5) is 28.5. The van der Waals surface area contributed by atoms with Crippen LogP contribution in [0.25, 0.3) is 0 Å². The number of carbonyl (C=O) groups excluding carboxylic acids is 2. The summed E-state index contributed by atoms with van der Waals surface area (Å²) < 4.78 is 0. The second-order valence-electron chi connectivity index (χ2n) is 6.24. The number of benzene rings is 2. The fourth-order valence-corrected chi connectivity index (χ4v) is 3.23. The van der Waals surface area contributed by atoms with E-state index in [2.05, 4.69) is 27.9 Å². The van der Waals surface area contributed by atoms with Gasteiger partial charge < -0.3 is 10.6 Å². The molecule has 1 aromatic heterocycles. The van der Waals surface area contributed by atoms with Gasteiger partial charge in [-0.1, -0.05) is 43.7 Å². The van der Waals surface area contributed by atoms with E-state index in [1.54, 1.807) is 17.5 Å². The first kappa shape index (κ1) is 19.6. The zero-order chi connectivity index (χ0) is 19.8. The molecule has 3 rings (SSSR count). The average Bonchev–Trinajstić information content (AvgIpc) is 3.16. The number of aromatic nitrogens is 1. The van der Waals surface area contributed by atoms with Gasteiger partial charge in [0.15, 0.2) is 5.13 Å². The molecular formula is C21H22N4O2S. The zero-order valence-electron chi connectivity index (χ0n) is 15.6. The van der Waals surface area contributed by atoms with Gasteiger partial charge in [-0.05, 0) is 42.7 Å². The highest BCUT2D eigenvalue weighted by Crippen LogP contribution is 2.18. The highest BCUT2D eigenvalue weighted by atomic mass is 32.1. The lowest BCUT2D eigenvalue weighted by molar-refractivity contribution is 0.102. The van der Waals surface area contributed by atoms with Crippen LogP contribution in [-0.2, 0) is 6.42 Å². The molecule has 0 aliphatic rings. The van der Waals surface area contributed by atoms with Crippen LogP contribution in [0, 0.1) is 0 Å². The van der Waals surface area contributed by atoms with E-state index >= 15 is 0 Å². The van der Waals surface area contributed by atoms with Gasteiger partial charge in [-0.15, -0.1) is 11.3 Å². The normalized spacial score (nSPS) is 10.3. The SMILES string of the molecule is CCCCc1ccc(NC(=O)c2csc(NC(=O)Nc3ccccc3)n2)cc1. The second kappa shape index (κ2) is 9.66. The average molecular weight is 395 g/mol. The Balaban J connectivity index is 1.54. The molecular weight excluding hydrogens is 372 g/mol. The van der Waals surface area contributed by atoms with Crippen molar-refractivity contribution in [3.63, 3.8) is 0 Å². The zero-order valence-corrected chi connectivity index (χ0v) is 16.4. The van der Waals surface area contributed by atoms with E-state index in [9.17, 15) is 9.59 Å². The highest BCUT2D eigenvalue weighted by molar-refractivity contribution is 7.14. The number of carbonyl (C=O) groups is 2. The van der Waals surface area contributed by atoms with Crippen molar-refractivity contribution in [1.29, 1.82) is 0 Å². The number of anilines is 3. The summed E-state index contributed by atoms with van der Waals surface area (Å²) in [7, 11) is 0. The van der Waals surface area contributed by atoms with E-state index in [0.717, 1.165) is 24.9 Å². The number of hydrogen-bond acceptors (Lipinski definition) is 4. The Kier molecular flexibility index (Phi) is 6.75. The summed E-state index contributed by atoms with van der Waals surface area (Å²) in [5.74, 6) is -0.311. The van der Waals surface area contributed by atoms with Crippen molar-refractivity contribution in [2.45, 2.75) is 26.2 Å². The number of unbranched alkanes of at least 4 members (excludes halogenated alkanes) is 1. The first-order chi connectivity index (χ1) is 13.6. The first-order valence-electron chi connectivity index (χ1n) is 9.13. The number of nitrogens with zero attached hydrogens (tertiary/aromatic N) is 1. The largest absolute Gasteiger partial charge is 0.325 e. The van der Waals surface area contributed by atoms with Crippen molar-refractivity contribution in [3.8, 4) is 0 Å². The van der Waals surface area contributed by atoms with Crippen LogP contribution in [0.1, 0.15) is 35.8 Å². The van der Waals surface area contributed by atoms with Gasteiger partial charge in [0.05, 0.1) is 0 Å². The minimum atomic E-state index is -0.407. The minimum absolute atomic E-state index is 0.259. The quantitative estimate of drug-likeness (QED) is 0.503. The molecule has 7 heteroatoms. The van der Waals surface area contributed by atoms with E-state index in [-0.39, 0.29) is 11.6 Å². The van der Waals surface area contributed by atoms with Crippen LogP contribution in [0.15, 0.2) is 60.0 Å². The molecule has 3 N–H and O–H groups in total. The standard InChI is InChI=1S/C21H22N4O2S/c1-2-3-7-15-10-12-17(13-11-15)22-19(26)18-14-28-21(24-18)25-20(27)23-16-8-5-4-6-9-16/h4-6,8-14H,2-3,7H2,1H3,(H,22,26)(H2,23,24,25,27). The van der Waals surface area contributed by atoms with Crippen LogP contribution in [0.3, 0.4) is 0 Å². The van der Waals surface area contributed by atoms with Crippen molar-refractivity contribution >= 4 is 39.8 Å². The summed E-state index contributed by atoms with van der Waals surface area (Å²) in [5, 5.41) is 10.1. The van der Waals surface area contributed by atoms with Crippen LogP contribution >= 0.6 is 11.3 Å². The second-order valence-corrected chi connectivity index (χ2v) is 7.10. The minimum Gasteiger partial charge on any atom is -0.321 e. The smallest absolute Gasteiger partial charge is 0.321 e. The lowest BCUT2D eigenvalue weighted by Crippen LogP contribution is -2.19. The molecule has 0 radical (unpaired) electrons. The topological polar surface area (TPSA) is 83.1 Å². The van der Waals surface area contributed by atoms with Crippen molar-refractivity contribution in [3.05, 3.63) is 71.2 Å². The lowest BCUT2D eigenvalue weighted by atomic mass is 10.1. The molecule has 0 saturated carbocycles. The summed E-state index contributed by atoms with van der Waals surface area (Å²) >= 11 is 1.19. The Hall–Kier alpha value is -3.19. The Bertz CT molecular complexity index is 923. The summed E-state index contributed by atoms with van der Waals surface area (Å²) in [6, 6.07) is 16.5. The molecule has 3 aromatic rings. The number of amides is 3. The molecule has 0 aliphatic carbocycles.